The number of hydrogen-bond donors (Lipinski definition) is 4. The van der Waals surface area contributed by atoms with Crippen LogP contribution in [0, 0.1) is 23.4 Å². The molecular weight excluding hydrogens is 361 g/mol. The van der Waals surface area contributed by atoms with Gasteiger partial charge >= 0.3 is 0 Å². The number of nitrogens with zero attached hydrogens (tertiary/aromatic N) is 1. The van der Waals surface area contributed by atoms with Crippen LogP contribution < -0.4 is 16.0 Å². The van der Waals surface area contributed by atoms with Gasteiger partial charge in [0.1, 0.15) is 6.54 Å². The minimum Gasteiger partial charge on any atom is -0.396 e. The second-order valence-electron chi connectivity index (χ2n) is 6.01. The molecule has 0 heterocycles. The van der Waals surface area contributed by atoms with E-state index >= 15 is 0 Å². The summed E-state index contributed by atoms with van der Waals surface area (Å²) in [5.74, 6) is -4.42. The van der Waals surface area contributed by atoms with Crippen molar-refractivity contribution < 1.29 is 23.1 Å². The summed E-state index contributed by atoms with van der Waals surface area (Å²) >= 11 is 0. The third-order valence-corrected chi connectivity index (χ3v) is 3.83. The van der Waals surface area contributed by atoms with Crippen LogP contribution in [-0.2, 0) is 4.79 Å². The van der Waals surface area contributed by atoms with E-state index in [1.54, 1.807) is 0 Å². The molecule has 1 aromatic rings. The number of nitrogens with one attached hydrogen (secondary N) is 3. The first-order valence-electron chi connectivity index (χ1n) is 8.99. The summed E-state index contributed by atoms with van der Waals surface area (Å²) in [5, 5.41) is 17.3. The second-order valence-corrected chi connectivity index (χ2v) is 6.01. The van der Waals surface area contributed by atoms with Crippen molar-refractivity contribution in [3.8, 4) is 0 Å². The largest absolute Gasteiger partial charge is 0.396 e. The lowest BCUT2D eigenvalue weighted by Crippen LogP contribution is -2.40. The van der Waals surface area contributed by atoms with E-state index in [4.69, 9.17) is 5.11 Å². The zero-order chi connectivity index (χ0) is 20.2. The summed E-state index contributed by atoms with van der Waals surface area (Å²) in [6, 6.07) is 1.68. The summed E-state index contributed by atoms with van der Waals surface area (Å²) in [6.45, 7) is 4.86. The standard InChI is InChI=1S/C18H27F3N4O2/c1-3-5-12(8-9-26)10-23-18(22-4-2)24-11-15(27)25-14-7-6-13(19)16(20)17(14)21/h6-7,12,26H,3-5,8-11H2,1-2H3,(H,25,27)(H2,22,23,24). The molecule has 1 unspecified atom stereocenters. The molecule has 1 atom stereocenters. The number of carbonyl (C=O) groups is 1. The molecule has 1 rings (SSSR count). The molecule has 0 aromatic heterocycles. The molecule has 6 nitrogen and oxygen atoms in total. The number of aliphatic hydroxyl groups is 1. The summed E-state index contributed by atoms with van der Waals surface area (Å²) in [4.78, 5) is 16.0. The molecule has 4 N–H and O–H groups in total. The lowest BCUT2D eigenvalue weighted by molar-refractivity contribution is -0.114. The van der Waals surface area contributed by atoms with Gasteiger partial charge in [0.2, 0.25) is 5.91 Å². The van der Waals surface area contributed by atoms with Crippen LogP contribution in [0.1, 0.15) is 33.1 Å². The number of aliphatic imine (C=N–C) groups is 1. The Morgan fingerprint density at radius 1 is 1.15 bits per heavy atom. The number of anilines is 1. The van der Waals surface area contributed by atoms with Gasteiger partial charge in [-0.1, -0.05) is 13.3 Å². The Hall–Kier alpha value is -2.29. The number of hydrogen-bond acceptors (Lipinski definition) is 3. The van der Waals surface area contributed by atoms with Gasteiger partial charge in [0.25, 0.3) is 0 Å². The molecule has 0 fully saturated rings. The monoisotopic (exact) mass is 388 g/mol. The Balaban J connectivity index is 2.66. The lowest BCUT2D eigenvalue weighted by Gasteiger charge is -2.18. The number of halogens is 3. The maximum Gasteiger partial charge on any atom is 0.246 e. The van der Waals surface area contributed by atoms with Gasteiger partial charge in [-0.3, -0.25) is 4.79 Å². The Kier molecular flexibility index (Phi) is 10.2. The van der Waals surface area contributed by atoms with E-state index < -0.39 is 29.0 Å². The highest BCUT2D eigenvalue weighted by Gasteiger charge is 2.15. The van der Waals surface area contributed by atoms with E-state index in [2.05, 4.69) is 27.9 Å². The molecule has 9 heteroatoms. The molecule has 0 saturated carbocycles. The van der Waals surface area contributed by atoms with E-state index in [9.17, 15) is 18.0 Å². The van der Waals surface area contributed by atoms with Crippen molar-refractivity contribution in [3.05, 3.63) is 29.6 Å². The zero-order valence-corrected chi connectivity index (χ0v) is 15.6. The van der Waals surface area contributed by atoms with Gasteiger partial charge in [-0.25, -0.2) is 18.2 Å². The fourth-order valence-corrected chi connectivity index (χ4v) is 2.49. The van der Waals surface area contributed by atoms with Crippen molar-refractivity contribution >= 4 is 17.6 Å². The fraction of sp³-hybridized carbons (Fsp3) is 0.556. The van der Waals surface area contributed by atoms with Gasteiger partial charge in [-0.05, 0) is 37.8 Å². The van der Waals surface area contributed by atoms with Gasteiger partial charge in [0, 0.05) is 19.7 Å². The van der Waals surface area contributed by atoms with Crippen LogP contribution in [0.15, 0.2) is 17.1 Å². The van der Waals surface area contributed by atoms with E-state index in [1.807, 2.05) is 6.92 Å². The van der Waals surface area contributed by atoms with E-state index in [-0.39, 0.29) is 19.1 Å². The van der Waals surface area contributed by atoms with Gasteiger partial charge in [-0.2, -0.15) is 0 Å². The van der Waals surface area contributed by atoms with Crippen LogP contribution in [0.3, 0.4) is 0 Å². The molecule has 0 aliphatic heterocycles. The number of aliphatic hydroxyl groups excluding tert-OH is 1. The lowest BCUT2D eigenvalue weighted by atomic mass is 10.0. The Bertz CT molecular complexity index is 635. The SMILES string of the molecule is CCCC(CCO)CNC(=NCC(=O)Nc1ccc(F)c(F)c1F)NCC. The predicted molar refractivity (Wildman–Crippen MR) is 99.0 cm³/mol. The van der Waals surface area contributed by atoms with Crippen LogP contribution in [0.5, 0.6) is 0 Å². The number of guanidine groups is 1. The van der Waals surface area contributed by atoms with Crippen molar-refractivity contribution in [2.75, 3.05) is 31.6 Å². The van der Waals surface area contributed by atoms with Crippen molar-refractivity contribution in [3.63, 3.8) is 0 Å². The average molecular weight is 388 g/mol. The Labute approximate surface area is 157 Å². The first kappa shape index (κ1) is 22.8. The molecule has 0 aliphatic carbocycles. The van der Waals surface area contributed by atoms with Crippen molar-refractivity contribution in [2.24, 2.45) is 10.9 Å². The average Bonchev–Trinajstić information content (AvgIpc) is 2.64. The third kappa shape index (κ3) is 7.86. The summed E-state index contributed by atoms with van der Waals surface area (Å²) in [6.07, 6.45) is 2.60. The minimum atomic E-state index is -1.64. The first-order valence-corrected chi connectivity index (χ1v) is 8.99. The van der Waals surface area contributed by atoms with Gasteiger partial charge in [0.15, 0.2) is 23.4 Å². The highest BCUT2D eigenvalue weighted by Crippen LogP contribution is 2.19. The highest BCUT2D eigenvalue weighted by atomic mass is 19.2. The quantitative estimate of drug-likeness (QED) is 0.282. The number of rotatable bonds is 10. The smallest absolute Gasteiger partial charge is 0.246 e. The first-order chi connectivity index (χ1) is 12.9. The minimum absolute atomic E-state index is 0.0994. The molecule has 0 spiro atoms. The van der Waals surface area contributed by atoms with E-state index in [1.165, 1.54) is 0 Å². The highest BCUT2D eigenvalue weighted by molar-refractivity contribution is 5.94. The summed E-state index contributed by atoms with van der Waals surface area (Å²) < 4.78 is 39.7. The summed E-state index contributed by atoms with van der Waals surface area (Å²) in [5.41, 5.74) is -0.446. The van der Waals surface area contributed by atoms with Crippen LogP contribution in [0.25, 0.3) is 0 Å². The molecule has 0 saturated heterocycles. The van der Waals surface area contributed by atoms with E-state index in [0.717, 1.165) is 25.0 Å². The fourth-order valence-electron chi connectivity index (χ4n) is 2.49. The molecule has 1 aromatic carbocycles. The van der Waals surface area contributed by atoms with Crippen LogP contribution in [0.4, 0.5) is 18.9 Å². The molecular formula is C18H27F3N4O2. The molecule has 0 aliphatic rings. The predicted octanol–water partition coefficient (Wildman–Crippen LogP) is 2.40. The third-order valence-electron chi connectivity index (χ3n) is 3.83. The second kappa shape index (κ2) is 12.2. The molecule has 0 bridgehead atoms. The van der Waals surface area contributed by atoms with Crippen molar-refractivity contribution in [1.82, 2.24) is 10.6 Å². The van der Waals surface area contributed by atoms with Crippen LogP contribution in [0.2, 0.25) is 0 Å². The molecule has 152 valence electrons. The Morgan fingerprint density at radius 2 is 1.89 bits per heavy atom. The van der Waals surface area contributed by atoms with E-state index in [0.29, 0.717) is 25.5 Å². The topological polar surface area (TPSA) is 85.8 Å². The van der Waals surface area contributed by atoms with Crippen LogP contribution >= 0.6 is 0 Å². The van der Waals surface area contributed by atoms with Crippen molar-refractivity contribution in [1.29, 1.82) is 0 Å². The normalized spacial score (nSPS) is 12.6. The Morgan fingerprint density at radius 3 is 2.52 bits per heavy atom. The van der Waals surface area contributed by atoms with Gasteiger partial charge in [0.05, 0.1) is 5.69 Å². The molecule has 27 heavy (non-hydrogen) atoms. The van der Waals surface area contributed by atoms with Crippen LogP contribution in [-0.4, -0.2) is 43.2 Å². The summed E-state index contributed by atoms with van der Waals surface area (Å²) in [7, 11) is 0. The zero-order valence-electron chi connectivity index (χ0n) is 15.6. The maximum absolute atomic E-state index is 13.6. The van der Waals surface area contributed by atoms with Gasteiger partial charge < -0.3 is 21.1 Å². The number of carbonyl (C=O) groups excluding carboxylic acids is 1. The van der Waals surface area contributed by atoms with Crippen molar-refractivity contribution in [2.45, 2.75) is 33.1 Å². The molecule has 0 radical (unpaired) electrons. The molecule has 1 amide bonds. The maximum atomic E-state index is 13.6. The van der Waals surface area contributed by atoms with Gasteiger partial charge in [-0.15, -0.1) is 0 Å². The number of benzene rings is 1. The number of amides is 1.